The topological polar surface area (TPSA) is 35.9 Å². The number of hydrogen-bond donors (Lipinski definition) is 1. The molecule has 0 spiro atoms. The van der Waals surface area contributed by atoms with E-state index in [4.69, 9.17) is 4.74 Å². The minimum absolute atomic E-state index is 0.154. The summed E-state index contributed by atoms with van der Waals surface area (Å²) in [6, 6.07) is 0. The van der Waals surface area contributed by atoms with Gasteiger partial charge in [-0.3, -0.25) is 9.80 Å². The van der Waals surface area contributed by atoms with Crippen LogP contribution in [0.2, 0.25) is 0 Å². The molecule has 0 bridgehead atoms. The van der Waals surface area contributed by atoms with E-state index < -0.39 is 0 Å². The number of aliphatic hydroxyl groups excluding tert-OH is 1. The molecule has 0 aromatic heterocycles. The number of ether oxygens (including phenoxy) is 1. The van der Waals surface area contributed by atoms with Crippen molar-refractivity contribution in [3.05, 3.63) is 0 Å². The van der Waals surface area contributed by atoms with Gasteiger partial charge in [0.2, 0.25) is 0 Å². The Morgan fingerprint density at radius 3 is 2.47 bits per heavy atom. The molecule has 2 heterocycles. The minimum atomic E-state index is 0.154. The van der Waals surface area contributed by atoms with Crippen LogP contribution in [0.25, 0.3) is 0 Å². The molecular weight excluding hydrogens is 216 g/mol. The maximum Gasteiger partial charge on any atom is 0.0594 e. The molecule has 0 amide bonds. The van der Waals surface area contributed by atoms with Crippen LogP contribution in [0.1, 0.15) is 20.3 Å². The minimum Gasteiger partial charge on any atom is -0.396 e. The maximum absolute atomic E-state index is 9.38. The zero-order valence-electron chi connectivity index (χ0n) is 11.2. The molecule has 0 saturated carbocycles. The van der Waals surface area contributed by atoms with E-state index in [1.807, 2.05) is 0 Å². The average molecular weight is 242 g/mol. The Morgan fingerprint density at radius 2 is 1.88 bits per heavy atom. The summed E-state index contributed by atoms with van der Waals surface area (Å²) >= 11 is 0. The second-order valence-corrected chi connectivity index (χ2v) is 5.76. The molecule has 2 aliphatic rings. The van der Waals surface area contributed by atoms with Gasteiger partial charge in [0, 0.05) is 44.2 Å². The van der Waals surface area contributed by atoms with Gasteiger partial charge in [0.05, 0.1) is 13.2 Å². The molecule has 2 fully saturated rings. The molecule has 0 aliphatic carbocycles. The summed E-state index contributed by atoms with van der Waals surface area (Å²) in [5.41, 5.74) is 0.154. The van der Waals surface area contributed by atoms with Crippen LogP contribution in [0.15, 0.2) is 0 Å². The number of morpholine rings is 1. The third-order valence-electron chi connectivity index (χ3n) is 4.57. The lowest BCUT2D eigenvalue weighted by molar-refractivity contribution is 0.0260. The molecule has 0 aromatic carbocycles. The lowest BCUT2D eigenvalue weighted by atomic mass is 9.89. The summed E-state index contributed by atoms with van der Waals surface area (Å²) in [4.78, 5) is 5.01. The highest BCUT2D eigenvalue weighted by atomic mass is 16.5. The zero-order valence-corrected chi connectivity index (χ0v) is 11.2. The quantitative estimate of drug-likeness (QED) is 0.775. The maximum atomic E-state index is 9.38. The molecule has 2 rings (SSSR count). The van der Waals surface area contributed by atoms with Gasteiger partial charge in [0.1, 0.15) is 0 Å². The highest BCUT2D eigenvalue weighted by molar-refractivity contribution is 4.95. The van der Waals surface area contributed by atoms with Crippen LogP contribution in [0.4, 0.5) is 0 Å². The van der Waals surface area contributed by atoms with Crippen molar-refractivity contribution in [1.82, 2.24) is 9.80 Å². The predicted molar refractivity (Wildman–Crippen MR) is 68.1 cm³/mol. The fraction of sp³-hybridized carbons (Fsp3) is 1.00. The standard InChI is InChI=1S/C13H26N2O2/c1-13(2)12(11-16)3-4-15(13)6-5-14-7-9-17-10-8-14/h12,16H,3-11H2,1-2H3. The first-order valence-electron chi connectivity index (χ1n) is 6.80. The van der Waals surface area contributed by atoms with Gasteiger partial charge >= 0.3 is 0 Å². The first kappa shape index (κ1) is 13.3. The molecule has 2 aliphatic heterocycles. The molecular formula is C13H26N2O2. The highest BCUT2D eigenvalue weighted by Crippen LogP contribution is 2.33. The van der Waals surface area contributed by atoms with Crippen LogP contribution in [0.3, 0.4) is 0 Å². The van der Waals surface area contributed by atoms with E-state index in [-0.39, 0.29) is 5.54 Å². The van der Waals surface area contributed by atoms with Crippen molar-refractivity contribution in [3.63, 3.8) is 0 Å². The Morgan fingerprint density at radius 1 is 1.18 bits per heavy atom. The molecule has 4 nitrogen and oxygen atoms in total. The molecule has 0 aromatic rings. The molecule has 2 saturated heterocycles. The fourth-order valence-corrected chi connectivity index (χ4v) is 3.01. The summed E-state index contributed by atoms with van der Waals surface area (Å²) in [5.74, 6) is 0.437. The number of nitrogens with zero attached hydrogens (tertiary/aromatic N) is 2. The van der Waals surface area contributed by atoms with Gasteiger partial charge < -0.3 is 9.84 Å². The van der Waals surface area contributed by atoms with Crippen molar-refractivity contribution < 1.29 is 9.84 Å². The summed E-state index contributed by atoms with van der Waals surface area (Å²) in [6.07, 6.45) is 1.13. The first-order chi connectivity index (χ1) is 8.14. The van der Waals surface area contributed by atoms with Crippen LogP contribution in [-0.4, -0.2) is 73.0 Å². The second kappa shape index (κ2) is 5.65. The Balaban J connectivity index is 1.79. The first-order valence-corrected chi connectivity index (χ1v) is 6.80. The monoisotopic (exact) mass is 242 g/mol. The summed E-state index contributed by atoms with van der Waals surface area (Å²) in [5, 5.41) is 9.38. The molecule has 17 heavy (non-hydrogen) atoms. The van der Waals surface area contributed by atoms with E-state index in [1.165, 1.54) is 0 Å². The Bertz CT molecular complexity index is 240. The van der Waals surface area contributed by atoms with Crippen LogP contribution in [-0.2, 0) is 4.74 Å². The lowest BCUT2D eigenvalue weighted by Crippen LogP contribution is -2.48. The van der Waals surface area contributed by atoms with E-state index in [1.54, 1.807) is 0 Å². The average Bonchev–Trinajstić information content (AvgIpc) is 2.62. The molecule has 100 valence electrons. The van der Waals surface area contributed by atoms with E-state index in [0.717, 1.165) is 52.4 Å². The number of hydrogen-bond acceptors (Lipinski definition) is 4. The van der Waals surface area contributed by atoms with Gasteiger partial charge in [-0.2, -0.15) is 0 Å². The third kappa shape index (κ3) is 2.99. The van der Waals surface area contributed by atoms with Crippen LogP contribution in [0.5, 0.6) is 0 Å². The summed E-state index contributed by atoms with van der Waals surface area (Å²) in [6.45, 7) is 12.1. The Kier molecular flexibility index (Phi) is 4.42. The van der Waals surface area contributed by atoms with Gasteiger partial charge in [-0.05, 0) is 26.8 Å². The third-order valence-corrected chi connectivity index (χ3v) is 4.57. The number of aliphatic hydroxyl groups is 1. The lowest BCUT2D eigenvalue weighted by Gasteiger charge is -2.37. The van der Waals surface area contributed by atoms with E-state index >= 15 is 0 Å². The van der Waals surface area contributed by atoms with Crippen LogP contribution >= 0.6 is 0 Å². The number of rotatable bonds is 4. The summed E-state index contributed by atoms with van der Waals surface area (Å²) in [7, 11) is 0. The normalized spacial score (nSPS) is 30.9. The van der Waals surface area contributed by atoms with Crippen molar-refractivity contribution in [2.75, 3.05) is 52.5 Å². The largest absolute Gasteiger partial charge is 0.396 e. The van der Waals surface area contributed by atoms with Gasteiger partial charge in [-0.15, -0.1) is 0 Å². The van der Waals surface area contributed by atoms with Crippen LogP contribution < -0.4 is 0 Å². The number of likely N-dealkylation sites (tertiary alicyclic amines) is 1. The SMILES string of the molecule is CC1(C)C(CO)CCN1CCN1CCOCC1. The highest BCUT2D eigenvalue weighted by Gasteiger charge is 2.40. The van der Waals surface area contributed by atoms with Gasteiger partial charge in [0.25, 0.3) is 0 Å². The Hall–Kier alpha value is -0.160. The van der Waals surface area contributed by atoms with Crippen molar-refractivity contribution >= 4 is 0 Å². The summed E-state index contributed by atoms with van der Waals surface area (Å²) < 4.78 is 5.36. The van der Waals surface area contributed by atoms with Crippen molar-refractivity contribution in [2.24, 2.45) is 5.92 Å². The van der Waals surface area contributed by atoms with Gasteiger partial charge in [0.15, 0.2) is 0 Å². The molecule has 0 radical (unpaired) electrons. The molecule has 1 N–H and O–H groups in total. The Labute approximate surface area is 105 Å². The molecule has 1 unspecified atom stereocenters. The molecule has 1 atom stereocenters. The van der Waals surface area contributed by atoms with Crippen molar-refractivity contribution in [2.45, 2.75) is 25.8 Å². The second-order valence-electron chi connectivity index (χ2n) is 5.76. The predicted octanol–water partition coefficient (Wildman–Crippen LogP) is 0.411. The van der Waals surface area contributed by atoms with Gasteiger partial charge in [-0.25, -0.2) is 0 Å². The van der Waals surface area contributed by atoms with Gasteiger partial charge in [-0.1, -0.05) is 0 Å². The van der Waals surface area contributed by atoms with Crippen LogP contribution in [0, 0.1) is 5.92 Å². The van der Waals surface area contributed by atoms with Crippen molar-refractivity contribution in [1.29, 1.82) is 0 Å². The van der Waals surface area contributed by atoms with E-state index in [0.29, 0.717) is 12.5 Å². The van der Waals surface area contributed by atoms with E-state index in [2.05, 4.69) is 23.6 Å². The zero-order chi connectivity index (χ0) is 12.3. The van der Waals surface area contributed by atoms with E-state index in [9.17, 15) is 5.11 Å². The van der Waals surface area contributed by atoms with Crippen molar-refractivity contribution in [3.8, 4) is 0 Å². The fourth-order valence-electron chi connectivity index (χ4n) is 3.01. The smallest absolute Gasteiger partial charge is 0.0594 e. The molecule has 4 heteroatoms.